The second-order valence-corrected chi connectivity index (χ2v) is 9.50. The highest BCUT2D eigenvalue weighted by Crippen LogP contribution is 2.33. The highest BCUT2D eigenvalue weighted by Gasteiger charge is 2.19. The summed E-state index contributed by atoms with van der Waals surface area (Å²) in [6.07, 6.45) is 0.0681. The predicted molar refractivity (Wildman–Crippen MR) is 132 cm³/mol. The number of nitrogens with zero attached hydrogens (tertiary/aromatic N) is 6. The van der Waals surface area contributed by atoms with Crippen molar-refractivity contribution in [2.24, 2.45) is 0 Å². The Morgan fingerprint density at radius 3 is 2.58 bits per heavy atom. The van der Waals surface area contributed by atoms with Crippen LogP contribution in [0.3, 0.4) is 0 Å². The third-order valence-corrected chi connectivity index (χ3v) is 6.44. The van der Waals surface area contributed by atoms with Crippen LogP contribution >= 0.6 is 11.6 Å². The standard InChI is InChI=1S/C25H29ClN6O/c1-16(2)33-19-6-7-21(26)20(14-19)25-29-28-24-17(3)27-22-8-5-18(13-23(22)32(24)25)15-31-11-9-30(4)10-12-31/h5-8,13-14,16H,9-12,15H2,1-4H3. The quantitative estimate of drug-likeness (QED) is 0.435. The largest absolute Gasteiger partial charge is 0.491 e. The van der Waals surface area contributed by atoms with E-state index in [-0.39, 0.29) is 6.10 Å². The van der Waals surface area contributed by atoms with E-state index in [2.05, 4.69) is 49.6 Å². The number of hydrogen-bond acceptors (Lipinski definition) is 6. The fraction of sp³-hybridized carbons (Fsp3) is 0.400. The molecule has 8 heteroatoms. The summed E-state index contributed by atoms with van der Waals surface area (Å²) in [5, 5.41) is 9.60. The van der Waals surface area contributed by atoms with Gasteiger partial charge in [-0.15, -0.1) is 10.2 Å². The Kier molecular flexibility index (Phi) is 5.95. The van der Waals surface area contributed by atoms with Crippen LogP contribution in [0.25, 0.3) is 28.1 Å². The second-order valence-electron chi connectivity index (χ2n) is 9.09. The van der Waals surface area contributed by atoms with Gasteiger partial charge in [0.15, 0.2) is 11.5 Å². The summed E-state index contributed by atoms with van der Waals surface area (Å²) in [7, 11) is 2.18. The van der Waals surface area contributed by atoms with Crippen molar-refractivity contribution in [3.63, 3.8) is 0 Å². The molecule has 0 amide bonds. The van der Waals surface area contributed by atoms with Crippen molar-refractivity contribution in [1.29, 1.82) is 0 Å². The summed E-state index contributed by atoms with van der Waals surface area (Å²) in [4.78, 5) is 9.66. The van der Waals surface area contributed by atoms with Gasteiger partial charge in [0.25, 0.3) is 0 Å². The maximum Gasteiger partial charge on any atom is 0.183 e. The summed E-state index contributed by atoms with van der Waals surface area (Å²) >= 11 is 6.62. The average molecular weight is 465 g/mol. The first kappa shape index (κ1) is 22.1. The van der Waals surface area contributed by atoms with Crippen molar-refractivity contribution < 1.29 is 4.74 Å². The van der Waals surface area contributed by atoms with Crippen LogP contribution in [-0.4, -0.2) is 68.7 Å². The first-order chi connectivity index (χ1) is 15.9. The molecule has 5 rings (SSSR count). The average Bonchev–Trinajstić information content (AvgIpc) is 3.23. The van der Waals surface area contributed by atoms with Crippen LogP contribution in [0.2, 0.25) is 5.02 Å². The van der Waals surface area contributed by atoms with Crippen molar-refractivity contribution in [3.8, 4) is 17.1 Å². The number of halogens is 1. The summed E-state index contributed by atoms with van der Waals surface area (Å²) in [6.45, 7) is 11.2. The van der Waals surface area contributed by atoms with Crippen LogP contribution in [0, 0.1) is 6.92 Å². The number of fused-ring (bicyclic) bond motifs is 3. The third kappa shape index (κ3) is 4.40. The van der Waals surface area contributed by atoms with E-state index < -0.39 is 0 Å². The van der Waals surface area contributed by atoms with E-state index in [1.54, 1.807) is 0 Å². The number of ether oxygens (including phenoxy) is 1. The highest BCUT2D eigenvalue weighted by molar-refractivity contribution is 6.33. The lowest BCUT2D eigenvalue weighted by atomic mass is 10.1. The third-order valence-electron chi connectivity index (χ3n) is 6.11. The molecule has 7 nitrogen and oxygen atoms in total. The number of aromatic nitrogens is 4. The highest BCUT2D eigenvalue weighted by atomic mass is 35.5. The van der Waals surface area contributed by atoms with Gasteiger partial charge >= 0.3 is 0 Å². The minimum Gasteiger partial charge on any atom is -0.491 e. The zero-order valence-electron chi connectivity index (χ0n) is 19.5. The van der Waals surface area contributed by atoms with Crippen LogP contribution in [-0.2, 0) is 6.54 Å². The van der Waals surface area contributed by atoms with E-state index in [1.165, 1.54) is 5.56 Å². The van der Waals surface area contributed by atoms with E-state index in [4.69, 9.17) is 21.3 Å². The molecule has 172 valence electrons. The second kappa shape index (κ2) is 8.89. The fourth-order valence-corrected chi connectivity index (χ4v) is 4.58. The molecule has 1 saturated heterocycles. The molecule has 2 aromatic heterocycles. The van der Waals surface area contributed by atoms with E-state index >= 15 is 0 Å². The first-order valence-corrected chi connectivity index (χ1v) is 11.8. The molecular formula is C25H29ClN6O. The van der Waals surface area contributed by atoms with Gasteiger partial charge in [-0.25, -0.2) is 4.98 Å². The molecule has 1 fully saturated rings. The topological polar surface area (TPSA) is 58.8 Å². The maximum atomic E-state index is 6.62. The van der Waals surface area contributed by atoms with E-state index in [0.717, 1.165) is 66.4 Å². The molecule has 33 heavy (non-hydrogen) atoms. The number of aryl methyl sites for hydroxylation is 1. The van der Waals surface area contributed by atoms with Gasteiger partial charge in [-0.3, -0.25) is 9.30 Å². The molecule has 0 spiro atoms. The van der Waals surface area contributed by atoms with Gasteiger partial charge in [0.05, 0.1) is 27.9 Å². The van der Waals surface area contributed by atoms with E-state index in [1.807, 2.05) is 39.0 Å². The van der Waals surface area contributed by atoms with Crippen molar-refractivity contribution >= 4 is 28.3 Å². The molecule has 0 bridgehead atoms. The summed E-state index contributed by atoms with van der Waals surface area (Å²) < 4.78 is 7.98. The fourth-order valence-electron chi connectivity index (χ4n) is 4.38. The minimum atomic E-state index is 0.0681. The lowest BCUT2D eigenvalue weighted by molar-refractivity contribution is 0.148. The van der Waals surface area contributed by atoms with Crippen LogP contribution < -0.4 is 4.74 Å². The summed E-state index contributed by atoms with van der Waals surface area (Å²) in [5.74, 6) is 1.45. The normalized spacial score (nSPS) is 15.7. The summed E-state index contributed by atoms with van der Waals surface area (Å²) in [5.41, 5.74) is 5.50. The number of rotatable bonds is 5. The number of likely N-dealkylation sites (N-methyl/N-ethyl adjacent to an activating group) is 1. The Morgan fingerprint density at radius 2 is 1.82 bits per heavy atom. The Hall–Kier alpha value is -2.74. The van der Waals surface area contributed by atoms with Gasteiger partial charge in [-0.2, -0.15) is 0 Å². The molecule has 0 atom stereocenters. The van der Waals surface area contributed by atoms with Crippen molar-refractivity contribution in [3.05, 3.63) is 52.7 Å². The molecule has 2 aromatic carbocycles. The zero-order valence-corrected chi connectivity index (χ0v) is 20.3. The Labute approximate surface area is 198 Å². The van der Waals surface area contributed by atoms with E-state index in [9.17, 15) is 0 Å². The predicted octanol–water partition coefficient (Wildman–Crippen LogP) is 4.44. The van der Waals surface area contributed by atoms with Crippen LogP contribution in [0.15, 0.2) is 36.4 Å². The monoisotopic (exact) mass is 464 g/mol. The van der Waals surface area contributed by atoms with Crippen LogP contribution in [0.4, 0.5) is 0 Å². The van der Waals surface area contributed by atoms with Crippen molar-refractivity contribution in [1.82, 2.24) is 29.4 Å². The Bertz CT molecular complexity index is 1310. The Morgan fingerprint density at radius 1 is 1.03 bits per heavy atom. The summed E-state index contributed by atoms with van der Waals surface area (Å²) in [6, 6.07) is 12.2. The molecule has 0 radical (unpaired) electrons. The lowest BCUT2D eigenvalue weighted by Gasteiger charge is -2.32. The zero-order chi connectivity index (χ0) is 23.1. The van der Waals surface area contributed by atoms with Gasteiger partial charge in [0.1, 0.15) is 5.75 Å². The molecule has 0 saturated carbocycles. The Balaban J connectivity index is 1.62. The molecular weight excluding hydrogens is 436 g/mol. The first-order valence-electron chi connectivity index (χ1n) is 11.4. The van der Waals surface area contributed by atoms with E-state index in [0.29, 0.717) is 10.8 Å². The minimum absolute atomic E-state index is 0.0681. The lowest BCUT2D eigenvalue weighted by Crippen LogP contribution is -2.43. The SMILES string of the molecule is Cc1nc2ccc(CN3CCN(C)CC3)cc2n2c(-c3cc(OC(C)C)ccc3Cl)nnc12. The number of hydrogen-bond donors (Lipinski definition) is 0. The van der Waals surface area contributed by atoms with Gasteiger partial charge in [-0.1, -0.05) is 17.7 Å². The van der Waals surface area contributed by atoms with Gasteiger partial charge in [-0.05, 0) is 63.7 Å². The van der Waals surface area contributed by atoms with Gasteiger partial charge in [0, 0.05) is 38.3 Å². The molecule has 4 aromatic rings. The van der Waals surface area contributed by atoms with Crippen molar-refractivity contribution in [2.45, 2.75) is 33.4 Å². The maximum absolute atomic E-state index is 6.62. The van der Waals surface area contributed by atoms with Crippen LogP contribution in [0.1, 0.15) is 25.1 Å². The smallest absolute Gasteiger partial charge is 0.183 e. The van der Waals surface area contributed by atoms with Gasteiger partial charge < -0.3 is 9.64 Å². The molecule has 1 aliphatic rings. The van der Waals surface area contributed by atoms with Crippen molar-refractivity contribution in [2.75, 3.05) is 33.2 Å². The van der Waals surface area contributed by atoms with Gasteiger partial charge in [0.2, 0.25) is 0 Å². The molecule has 3 heterocycles. The molecule has 0 aliphatic carbocycles. The van der Waals surface area contributed by atoms with Crippen LogP contribution in [0.5, 0.6) is 5.75 Å². The number of piperazine rings is 1. The molecule has 0 unspecified atom stereocenters. The number of benzene rings is 2. The molecule has 1 aliphatic heterocycles. The molecule has 0 N–H and O–H groups in total.